The van der Waals surface area contributed by atoms with Crippen molar-refractivity contribution >= 4 is 5.91 Å². The molecule has 2 rings (SSSR count). The molecule has 1 atom stereocenters. The largest absolute Gasteiger partial charge is 0.379 e. The predicted molar refractivity (Wildman–Crippen MR) is 78.4 cm³/mol. The summed E-state index contributed by atoms with van der Waals surface area (Å²) in [5.41, 5.74) is 7.48. The molecule has 106 valence electrons. The SMILES string of the molecule is Cc1ccc(C#CCN)cc1C(=O)NC1(C)CCOC1. The Kier molecular flexibility index (Phi) is 4.43. The van der Waals surface area contributed by atoms with Crippen LogP contribution in [0.4, 0.5) is 0 Å². The van der Waals surface area contributed by atoms with Gasteiger partial charge in [0, 0.05) is 17.7 Å². The normalized spacial score (nSPS) is 21.1. The molecule has 1 aromatic rings. The lowest BCUT2D eigenvalue weighted by Crippen LogP contribution is -2.46. The maximum absolute atomic E-state index is 12.4. The summed E-state index contributed by atoms with van der Waals surface area (Å²) in [6.07, 6.45) is 0.838. The molecule has 4 heteroatoms. The molecule has 0 radical (unpaired) electrons. The van der Waals surface area contributed by atoms with Gasteiger partial charge >= 0.3 is 0 Å². The molecule has 1 unspecified atom stereocenters. The third-order valence-electron chi connectivity index (χ3n) is 3.45. The molecule has 0 aliphatic carbocycles. The third kappa shape index (κ3) is 3.38. The summed E-state index contributed by atoms with van der Waals surface area (Å²) in [5.74, 6) is 5.67. The highest BCUT2D eigenvalue weighted by Crippen LogP contribution is 2.19. The van der Waals surface area contributed by atoms with Gasteiger partial charge in [-0.2, -0.15) is 0 Å². The molecular weight excluding hydrogens is 252 g/mol. The highest BCUT2D eigenvalue weighted by molar-refractivity contribution is 5.96. The van der Waals surface area contributed by atoms with Gasteiger partial charge in [0.05, 0.1) is 18.7 Å². The van der Waals surface area contributed by atoms with E-state index in [1.165, 1.54) is 0 Å². The van der Waals surface area contributed by atoms with Crippen LogP contribution in [0.3, 0.4) is 0 Å². The van der Waals surface area contributed by atoms with Gasteiger partial charge in [0.25, 0.3) is 5.91 Å². The molecule has 0 aromatic heterocycles. The molecule has 1 aliphatic heterocycles. The summed E-state index contributed by atoms with van der Waals surface area (Å²) in [6.45, 7) is 5.49. The average molecular weight is 272 g/mol. The molecule has 0 saturated carbocycles. The van der Waals surface area contributed by atoms with E-state index in [1.807, 2.05) is 32.0 Å². The summed E-state index contributed by atoms with van der Waals surface area (Å²) in [4.78, 5) is 12.4. The van der Waals surface area contributed by atoms with Crippen molar-refractivity contribution in [3.8, 4) is 11.8 Å². The summed E-state index contributed by atoms with van der Waals surface area (Å²) >= 11 is 0. The molecule has 1 fully saturated rings. The Labute approximate surface area is 119 Å². The van der Waals surface area contributed by atoms with Gasteiger partial charge in [-0.3, -0.25) is 4.79 Å². The Morgan fingerprint density at radius 2 is 2.35 bits per heavy atom. The highest BCUT2D eigenvalue weighted by atomic mass is 16.5. The van der Waals surface area contributed by atoms with Gasteiger partial charge in [-0.15, -0.1) is 0 Å². The van der Waals surface area contributed by atoms with Crippen LogP contribution in [0.1, 0.15) is 34.8 Å². The zero-order valence-electron chi connectivity index (χ0n) is 12.0. The standard InChI is InChI=1S/C16H20N2O2/c1-12-5-6-13(4-3-8-17)10-14(12)15(19)18-16(2)7-9-20-11-16/h5-6,10H,7-9,11,17H2,1-2H3,(H,18,19). The molecule has 1 amide bonds. The number of nitrogens with two attached hydrogens (primary N) is 1. The fraction of sp³-hybridized carbons (Fsp3) is 0.438. The van der Waals surface area contributed by atoms with Gasteiger partial charge in [-0.05, 0) is 38.0 Å². The summed E-state index contributed by atoms with van der Waals surface area (Å²) in [6, 6.07) is 5.62. The van der Waals surface area contributed by atoms with Crippen LogP contribution in [0.2, 0.25) is 0 Å². The topological polar surface area (TPSA) is 64.4 Å². The summed E-state index contributed by atoms with van der Waals surface area (Å²) < 4.78 is 5.35. The third-order valence-corrected chi connectivity index (χ3v) is 3.45. The maximum atomic E-state index is 12.4. The second-order valence-corrected chi connectivity index (χ2v) is 5.35. The fourth-order valence-corrected chi connectivity index (χ4v) is 2.20. The first kappa shape index (κ1) is 14.6. The first-order chi connectivity index (χ1) is 9.54. The zero-order valence-corrected chi connectivity index (χ0v) is 12.0. The van der Waals surface area contributed by atoms with Crippen molar-refractivity contribution in [2.24, 2.45) is 5.73 Å². The number of hydrogen-bond donors (Lipinski definition) is 2. The smallest absolute Gasteiger partial charge is 0.252 e. The van der Waals surface area contributed by atoms with Gasteiger partial charge in [-0.1, -0.05) is 17.9 Å². The van der Waals surface area contributed by atoms with Crippen molar-refractivity contribution in [2.45, 2.75) is 25.8 Å². The fourth-order valence-electron chi connectivity index (χ4n) is 2.20. The highest BCUT2D eigenvalue weighted by Gasteiger charge is 2.31. The molecule has 0 spiro atoms. The minimum atomic E-state index is -0.275. The number of carbonyl (C=O) groups is 1. The van der Waals surface area contributed by atoms with Gasteiger partial charge in [0.2, 0.25) is 0 Å². The molecule has 1 aliphatic rings. The first-order valence-corrected chi connectivity index (χ1v) is 6.74. The number of hydrogen-bond acceptors (Lipinski definition) is 3. The van der Waals surface area contributed by atoms with E-state index in [1.54, 1.807) is 0 Å². The molecule has 1 saturated heterocycles. The number of benzene rings is 1. The van der Waals surface area contributed by atoms with Crippen molar-refractivity contribution in [1.29, 1.82) is 0 Å². The van der Waals surface area contributed by atoms with Crippen LogP contribution in [0, 0.1) is 18.8 Å². The van der Waals surface area contributed by atoms with Gasteiger partial charge in [-0.25, -0.2) is 0 Å². The molecule has 20 heavy (non-hydrogen) atoms. The van der Waals surface area contributed by atoms with Crippen LogP contribution in [0.5, 0.6) is 0 Å². The number of aryl methyl sites for hydroxylation is 1. The van der Waals surface area contributed by atoms with E-state index in [2.05, 4.69) is 17.2 Å². The van der Waals surface area contributed by atoms with Crippen LogP contribution < -0.4 is 11.1 Å². The lowest BCUT2D eigenvalue weighted by molar-refractivity contribution is 0.0889. The molecular formula is C16H20N2O2. The average Bonchev–Trinajstić information content (AvgIpc) is 2.84. The van der Waals surface area contributed by atoms with E-state index >= 15 is 0 Å². The number of amides is 1. The van der Waals surface area contributed by atoms with Crippen LogP contribution in [-0.2, 0) is 4.74 Å². The molecule has 1 aromatic carbocycles. The monoisotopic (exact) mass is 272 g/mol. The van der Waals surface area contributed by atoms with Crippen LogP contribution in [-0.4, -0.2) is 31.2 Å². The Hall–Kier alpha value is -1.83. The number of nitrogens with one attached hydrogen (secondary N) is 1. The van der Waals surface area contributed by atoms with E-state index < -0.39 is 0 Å². The molecule has 3 N–H and O–H groups in total. The predicted octanol–water partition coefficient (Wildman–Crippen LogP) is 1.21. The Morgan fingerprint density at radius 1 is 1.55 bits per heavy atom. The maximum Gasteiger partial charge on any atom is 0.252 e. The first-order valence-electron chi connectivity index (χ1n) is 6.74. The summed E-state index contributed by atoms with van der Waals surface area (Å²) in [7, 11) is 0. The second-order valence-electron chi connectivity index (χ2n) is 5.35. The van der Waals surface area contributed by atoms with E-state index in [9.17, 15) is 4.79 Å². The number of carbonyl (C=O) groups excluding carboxylic acids is 1. The van der Waals surface area contributed by atoms with Crippen molar-refractivity contribution < 1.29 is 9.53 Å². The molecule has 4 nitrogen and oxygen atoms in total. The summed E-state index contributed by atoms with van der Waals surface area (Å²) in [5, 5.41) is 3.06. The quantitative estimate of drug-likeness (QED) is 0.796. The van der Waals surface area contributed by atoms with Crippen LogP contribution >= 0.6 is 0 Å². The number of ether oxygens (including phenoxy) is 1. The zero-order chi connectivity index (χ0) is 14.6. The minimum absolute atomic E-state index is 0.0769. The van der Waals surface area contributed by atoms with Crippen molar-refractivity contribution in [3.63, 3.8) is 0 Å². The Bertz CT molecular complexity index is 564. The molecule has 1 heterocycles. The van der Waals surface area contributed by atoms with Crippen molar-refractivity contribution in [2.75, 3.05) is 19.8 Å². The van der Waals surface area contributed by atoms with Crippen molar-refractivity contribution in [3.05, 3.63) is 34.9 Å². The van der Waals surface area contributed by atoms with Crippen LogP contribution in [0.25, 0.3) is 0 Å². The van der Waals surface area contributed by atoms with E-state index in [0.29, 0.717) is 25.3 Å². The Balaban J connectivity index is 2.20. The second kappa shape index (κ2) is 6.08. The van der Waals surface area contributed by atoms with Crippen molar-refractivity contribution in [1.82, 2.24) is 5.32 Å². The molecule has 0 bridgehead atoms. The lowest BCUT2D eigenvalue weighted by atomic mass is 9.99. The van der Waals surface area contributed by atoms with E-state index in [-0.39, 0.29) is 11.4 Å². The Morgan fingerprint density at radius 3 is 3.00 bits per heavy atom. The lowest BCUT2D eigenvalue weighted by Gasteiger charge is -2.24. The van der Waals surface area contributed by atoms with Gasteiger partial charge in [0.15, 0.2) is 0 Å². The number of rotatable bonds is 2. The van der Waals surface area contributed by atoms with E-state index in [4.69, 9.17) is 10.5 Å². The van der Waals surface area contributed by atoms with Gasteiger partial charge in [0.1, 0.15) is 0 Å². The minimum Gasteiger partial charge on any atom is -0.379 e. The van der Waals surface area contributed by atoms with Crippen LogP contribution in [0.15, 0.2) is 18.2 Å². The van der Waals surface area contributed by atoms with E-state index in [0.717, 1.165) is 17.5 Å². The van der Waals surface area contributed by atoms with Gasteiger partial charge < -0.3 is 15.8 Å².